The van der Waals surface area contributed by atoms with Gasteiger partial charge in [0.2, 0.25) is 11.8 Å². The first-order valence-electron chi connectivity index (χ1n) is 10.1. The summed E-state index contributed by atoms with van der Waals surface area (Å²) >= 11 is 0. The molecule has 150 valence electrons. The van der Waals surface area contributed by atoms with Crippen molar-refractivity contribution >= 4 is 34.2 Å². The first-order valence-corrected chi connectivity index (χ1v) is 10.1. The van der Waals surface area contributed by atoms with Gasteiger partial charge >= 0.3 is 0 Å². The molecule has 0 aromatic heterocycles. The number of nitrogens with one attached hydrogen (secondary N) is 2. The van der Waals surface area contributed by atoms with Gasteiger partial charge in [-0.2, -0.15) is 0 Å². The van der Waals surface area contributed by atoms with Crippen molar-refractivity contribution in [1.29, 1.82) is 0 Å². The van der Waals surface area contributed by atoms with Crippen molar-refractivity contribution in [2.24, 2.45) is 0 Å². The number of rotatable bonds is 4. The molecule has 1 atom stereocenters. The van der Waals surface area contributed by atoms with Crippen LogP contribution in [-0.4, -0.2) is 28.7 Å². The lowest BCUT2D eigenvalue weighted by Gasteiger charge is -2.29. The van der Waals surface area contributed by atoms with Crippen molar-refractivity contribution in [1.82, 2.24) is 10.2 Å². The third-order valence-electron chi connectivity index (χ3n) is 5.83. The van der Waals surface area contributed by atoms with Gasteiger partial charge in [-0.15, -0.1) is 0 Å². The van der Waals surface area contributed by atoms with Crippen LogP contribution in [0.4, 0.5) is 5.69 Å². The van der Waals surface area contributed by atoms with E-state index in [2.05, 4.69) is 41.0 Å². The molecule has 5 rings (SSSR count). The lowest BCUT2D eigenvalue weighted by molar-refractivity contribution is -0.136. The lowest BCUT2D eigenvalue weighted by Crippen LogP contribution is -2.52. The normalized spacial score (nSPS) is 18.5. The SMILES string of the molecule is O=C1CCC(N2Cc3cc(NCc4ccc5ccccc5c4)ccc3C2=O)C(=O)N1. The quantitative estimate of drug-likeness (QED) is 0.661. The van der Waals surface area contributed by atoms with Crippen LogP contribution in [0.1, 0.15) is 34.3 Å². The third-order valence-corrected chi connectivity index (χ3v) is 5.83. The maximum atomic E-state index is 12.8. The maximum absolute atomic E-state index is 12.8. The average Bonchev–Trinajstić information content (AvgIpc) is 3.08. The van der Waals surface area contributed by atoms with E-state index in [1.807, 2.05) is 30.3 Å². The molecule has 2 aliphatic heterocycles. The Balaban J connectivity index is 1.30. The number of hydrogen-bond donors (Lipinski definition) is 2. The fraction of sp³-hybridized carbons (Fsp3) is 0.208. The largest absolute Gasteiger partial charge is 0.381 e. The van der Waals surface area contributed by atoms with Crippen molar-refractivity contribution in [3.8, 4) is 0 Å². The van der Waals surface area contributed by atoms with Gasteiger partial charge in [-0.3, -0.25) is 19.7 Å². The van der Waals surface area contributed by atoms with E-state index in [9.17, 15) is 14.4 Å². The maximum Gasteiger partial charge on any atom is 0.255 e. The van der Waals surface area contributed by atoms with Crippen molar-refractivity contribution in [2.75, 3.05) is 5.32 Å². The number of imide groups is 1. The molecule has 1 fully saturated rings. The van der Waals surface area contributed by atoms with E-state index < -0.39 is 6.04 Å². The number of benzene rings is 3. The summed E-state index contributed by atoms with van der Waals surface area (Å²) in [5.74, 6) is -0.816. The van der Waals surface area contributed by atoms with Gasteiger partial charge in [-0.1, -0.05) is 36.4 Å². The Hall–Kier alpha value is -3.67. The summed E-state index contributed by atoms with van der Waals surface area (Å²) in [4.78, 5) is 37.9. The van der Waals surface area contributed by atoms with Crippen molar-refractivity contribution < 1.29 is 14.4 Å². The summed E-state index contributed by atoms with van der Waals surface area (Å²) in [6.45, 7) is 1.06. The zero-order valence-electron chi connectivity index (χ0n) is 16.4. The van der Waals surface area contributed by atoms with Crippen LogP contribution in [0.5, 0.6) is 0 Å². The molecule has 6 heteroatoms. The molecule has 6 nitrogen and oxygen atoms in total. The van der Waals surface area contributed by atoms with Gasteiger partial charge in [0.15, 0.2) is 0 Å². The van der Waals surface area contributed by atoms with Crippen LogP contribution in [0, 0.1) is 0 Å². The summed E-state index contributed by atoms with van der Waals surface area (Å²) in [5.41, 5.74) is 3.62. The molecule has 3 amide bonds. The zero-order chi connectivity index (χ0) is 20.7. The molecular formula is C24H21N3O3. The topological polar surface area (TPSA) is 78.5 Å². The van der Waals surface area contributed by atoms with Crippen LogP contribution in [0.3, 0.4) is 0 Å². The fourth-order valence-electron chi connectivity index (χ4n) is 4.24. The Bertz CT molecular complexity index is 1190. The molecule has 3 aromatic rings. The van der Waals surface area contributed by atoms with Gasteiger partial charge in [0, 0.05) is 30.8 Å². The van der Waals surface area contributed by atoms with Gasteiger partial charge in [0.1, 0.15) is 6.04 Å². The molecule has 3 aromatic carbocycles. The van der Waals surface area contributed by atoms with Crippen molar-refractivity contribution in [3.63, 3.8) is 0 Å². The van der Waals surface area contributed by atoms with Gasteiger partial charge in [-0.25, -0.2) is 0 Å². The second-order valence-corrected chi connectivity index (χ2v) is 7.81. The highest BCUT2D eigenvalue weighted by atomic mass is 16.2. The molecule has 2 heterocycles. The second kappa shape index (κ2) is 7.30. The number of hydrogen-bond acceptors (Lipinski definition) is 4. The molecule has 2 N–H and O–H groups in total. The Kier molecular flexibility index (Phi) is 4.47. The number of nitrogens with zero attached hydrogens (tertiary/aromatic N) is 1. The minimum Gasteiger partial charge on any atom is -0.381 e. The van der Waals surface area contributed by atoms with Gasteiger partial charge in [0.05, 0.1) is 0 Å². The summed E-state index contributed by atoms with van der Waals surface area (Å²) in [6, 6.07) is 19.7. The summed E-state index contributed by atoms with van der Waals surface area (Å²) in [7, 11) is 0. The minimum absolute atomic E-state index is 0.152. The first-order chi connectivity index (χ1) is 14.6. The van der Waals surface area contributed by atoms with E-state index in [-0.39, 0.29) is 24.1 Å². The Morgan fingerprint density at radius 1 is 0.967 bits per heavy atom. The van der Waals surface area contributed by atoms with Crippen LogP contribution in [0.2, 0.25) is 0 Å². The Labute approximate surface area is 173 Å². The third kappa shape index (κ3) is 3.30. The van der Waals surface area contributed by atoms with Crippen LogP contribution in [0.25, 0.3) is 10.8 Å². The molecule has 0 aliphatic carbocycles. The van der Waals surface area contributed by atoms with Gasteiger partial charge < -0.3 is 10.2 Å². The van der Waals surface area contributed by atoms with E-state index >= 15 is 0 Å². The van der Waals surface area contributed by atoms with Gasteiger partial charge in [-0.05, 0) is 52.6 Å². The molecule has 0 saturated carbocycles. The molecule has 0 radical (unpaired) electrons. The zero-order valence-corrected chi connectivity index (χ0v) is 16.4. The Morgan fingerprint density at radius 2 is 1.80 bits per heavy atom. The van der Waals surface area contributed by atoms with Crippen molar-refractivity contribution in [2.45, 2.75) is 32.0 Å². The summed E-state index contributed by atoms with van der Waals surface area (Å²) in [5, 5.41) is 8.18. The fourth-order valence-corrected chi connectivity index (χ4v) is 4.24. The highest BCUT2D eigenvalue weighted by Crippen LogP contribution is 2.29. The summed E-state index contributed by atoms with van der Waals surface area (Å²) in [6.07, 6.45) is 0.632. The Morgan fingerprint density at radius 3 is 2.63 bits per heavy atom. The average molecular weight is 399 g/mol. The van der Waals surface area contributed by atoms with Crippen LogP contribution < -0.4 is 10.6 Å². The monoisotopic (exact) mass is 399 g/mol. The van der Waals surface area contributed by atoms with E-state index in [1.165, 1.54) is 16.3 Å². The van der Waals surface area contributed by atoms with E-state index in [0.29, 0.717) is 25.1 Å². The highest BCUT2D eigenvalue weighted by Gasteiger charge is 2.39. The number of carbonyl (C=O) groups excluding carboxylic acids is 3. The minimum atomic E-state index is -0.586. The number of carbonyl (C=O) groups is 3. The smallest absolute Gasteiger partial charge is 0.255 e. The molecule has 0 bridgehead atoms. The molecular weight excluding hydrogens is 378 g/mol. The second-order valence-electron chi connectivity index (χ2n) is 7.81. The molecule has 30 heavy (non-hydrogen) atoms. The molecule has 0 spiro atoms. The van der Waals surface area contributed by atoms with Crippen LogP contribution >= 0.6 is 0 Å². The standard InChI is InChI=1S/C24H21N3O3/c28-22-10-9-21(23(29)26-22)27-14-18-12-19(7-8-20(18)24(27)30)25-13-15-5-6-16-3-1-2-4-17(16)11-15/h1-8,11-12,21,25H,9-10,13-14H2,(H,26,28,29). The predicted molar refractivity (Wildman–Crippen MR) is 114 cm³/mol. The number of piperidine rings is 1. The van der Waals surface area contributed by atoms with Gasteiger partial charge in [0.25, 0.3) is 5.91 Å². The van der Waals surface area contributed by atoms with Crippen LogP contribution in [0.15, 0.2) is 60.7 Å². The first kappa shape index (κ1) is 18.4. The number of fused-ring (bicyclic) bond motifs is 2. The number of amides is 3. The van der Waals surface area contributed by atoms with E-state index in [1.54, 1.807) is 4.90 Å². The van der Waals surface area contributed by atoms with Crippen LogP contribution in [-0.2, 0) is 22.7 Å². The lowest BCUT2D eigenvalue weighted by atomic mass is 10.0. The summed E-state index contributed by atoms with van der Waals surface area (Å²) < 4.78 is 0. The molecule has 2 aliphatic rings. The number of anilines is 1. The highest BCUT2D eigenvalue weighted by molar-refractivity contribution is 6.05. The molecule has 1 unspecified atom stereocenters. The predicted octanol–water partition coefficient (Wildman–Crippen LogP) is 3.21. The molecule has 1 saturated heterocycles. The van der Waals surface area contributed by atoms with Crippen molar-refractivity contribution in [3.05, 3.63) is 77.4 Å². The van der Waals surface area contributed by atoms with E-state index in [4.69, 9.17) is 0 Å². The van der Waals surface area contributed by atoms with E-state index in [0.717, 1.165) is 11.3 Å².